The Morgan fingerprint density at radius 3 is 2.25 bits per heavy atom. The lowest BCUT2D eigenvalue weighted by molar-refractivity contribution is 0.393. The maximum absolute atomic E-state index is 14.5. The highest BCUT2D eigenvalue weighted by molar-refractivity contribution is 6.12. The molecule has 1 aliphatic carbocycles. The van der Waals surface area contributed by atoms with Gasteiger partial charge in [0.15, 0.2) is 0 Å². The summed E-state index contributed by atoms with van der Waals surface area (Å²) in [4.78, 5) is 12.8. The van der Waals surface area contributed by atoms with Gasteiger partial charge in [0.1, 0.15) is 17.3 Å². The number of aliphatic imine (C=N–C) groups is 1. The molecule has 1 saturated carbocycles. The van der Waals surface area contributed by atoms with E-state index in [0.717, 1.165) is 39.4 Å². The van der Waals surface area contributed by atoms with Crippen molar-refractivity contribution >= 4 is 5.71 Å². The van der Waals surface area contributed by atoms with E-state index >= 15 is 0 Å². The van der Waals surface area contributed by atoms with Crippen LogP contribution in [0.4, 0.5) is 4.39 Å². The molecule has 2 aromatic rings. The van der Waals surface area contributed by atoms with Crippen LogP contribution in [0, 0.1) is 31.5 Å². The van der Waals surface area contributed by atoms with Crippen LogP contribution < -0.4 is 16.4 Å². The highest BCUT2D eigenvalue weighted by atomic mass is 19.1. The van der Waals surface area contributed by atoms with E-state index in [1.54, 1.807) is 0 Å². The number of aryl methyl sites for hydroxylation is 1. The molecular formula is C45H61FN6. The number of halogens is 1. The van der Waals surface area contributed by atoms with Gasteiger partial charge >= 0.3 is 0 Å². The van der Waals surface area contributed by atoms with Crippen molar-refractivity contribution in [2.75, 3.05) is 7.05 Å². The predicted molar refractivity (Wildman–Crippen MR) is 224 cm³/mol. The summed E-state index contributed by atoms with van der Waals surface area (Å²) >= 11 is 0. The molecule has 0 saturated heterocycles. The summed E-state index contributed by atoms with van der Waals surface area (Å²) in [5, 5.41) is 6.56. The summed E-state index contributed by atoms with van der Waals surface area (Å²) in [7, 11) is 1.82. The largest absolute Gasteiger partial charge is 0.399 e. The minimum absolute atomic E-state index is 0.338. The first-order valence-corrected chi connectivity index (χ1v) is 17.6. The third-order valence-electron chi connectivity index (χ3n) is 7.99. The van der Waals surface area contributed by atoms with Crippen LogP contribution in [0.5, 0.6) is 0 Å². The second-order valence-electron chi connectivity index (χ2n) is 11.6. The third-order valence-corrected chi connectivity index (χ3v) is 7.99. The summed E-state index contributed by atoms with van der Waals surface area (Å²) in [5.41, 5.74) is 17.3. The molecule has 3 rings (SSSR count). The van der Waals surface area contributed by atoms with Gasteiger partial charge in [0, 0.05) is 47.5 Å². The fourth-order valence-electron chi connectivity index (χ4n) is 5.60. The van der Waals surface area contributed by atoms with Crippen molar-refractivity contribution in [2.24, 2.45) is 16.6 Å². The Bertz CT molecular complexity index is 1690. The fraction of sp³-hybridized carbons (Fsp3) is 0.311. The van der Waals surface area contributed by atoms with Gasteiger partial charge in [-0.15, -0.1) is 18.6 Å². The maximum atomic E-state index is 14.5. The number of aromatic amines is 1. The molecule has 1 fully saturated rings. The van der Waals surface area contributed by atoms with Crippen molar-refractivity contribution in [3.63, 3.8) is 0 Å². The Kier molecular flexibility index (Phi) is 23.7. The minimum atomic E-state index is -0.338. The molecule has 0 atom stereocenters. The normalized spacial score (nSPS) is 13.8. The number of terminal acetylenes is 1. The monoisotopic (exact) mass is 704 g/mol. The number of H-pyrrole nitrogens is 1. The molecule has 5 N–H and O–H groups in total. The summed E-state index contributed by atoms with van der Waals surface area (Å²) in [6.45, 7) is 33.1. The Balaban J connectivity index is 0.00000347. The number of allylic oxidation sites excluding steroid dienone is 9. The van der Waals surface area contributed by atoms with Crippen molar-refractivity contribution in [3.8, 4) is 12.8 Å². The average molecular weight is 705 g/mol. The predicted octanol–water partition coefficient (Wildman–Crippen LogP) is 10.4. The molecule has 0 amide bonds. The number of rotatable bonds is 15. The van der Waals surface area contributed by atoms with E-state index in [9.17, 15) is 4.39 Å². The topological polar surface area (TPSA) is 91.1 Å². The second kappa shape index (κ2) is 26.4. The van der Waals surface area contributed by atoms with Crippen LogP contribution in [0.2, 0.25) is 0 Å². The van der Waals surface area contributed by atoms with Crippen LogP contribution in [0.1, 0.15) is 88.1 Å². The first-order valence-electron chi connectivity index (χ1n) is 17.6. The Labute approximate surface area is 314 Å². The molecule has 1 aromatic carbocycles. The standard InChI is InChI=1S/C38H49FN6.C3H4.C2H6.C2H2/c1-9-29(22-34(10-2)43-26(6)30-16-14-13-15-17-30)25(5)18-31(35(40)11-3)23-36-44-27(7)37(45-36)38(42-12-4)32-19-28(24-41-8)20-33(39)21-32;1-3-2;2*1-2/h9-12,18-22,30,41,43H,2,4-6,13-17,23-24,40H2,1,3,7-8H3,(H,44,45);1-2H2;1-2H3;1-2H/b29-9+,31-18-,34-22+,35-11+,42-38?;;;. The third kappa shape index (κ3) is 15.2. The number of nitrogens with zero attached hydrogens (tertiary/aromatic N) is 2. The molecule has 278 valence electrons. The molecule has 52 heavy (non-hydrogen) atoms. The Hall–Kier alpha value is -5.41. The zero-order chi connectivity index (χ0) is 39.6. The maximum Gasteiger partial charge on any atom is 0.124 e. The van der Waals surface area contributed by atoms with E-state index in [0.29, 0.717) is 47.4 Å². The van der Waals surface area contributed by atoms with E-state index in [4.69, 9.17) is 10.7 Å². The molecule has 0 aliphatic heterocycles. The van der Waals surface area contributed by atoms with Gasteiger partial charge in [-0.2, -0.15) is 0 Å². The molecule has 7 heteroatoms. The highest BCUT2D eigenvalue weighted by Crippen LogP contribution is 2.29. The lowest BCUT2D eigenvalue weighted by Crippen LogP contribution is -2.20. The summed E-state index contributed by atoms with van der Waals surface area (Å²) < 4.78 is 14.5. The van der Waals surface area contributed by atoms with Gasteiger partial charge in [-0.3, -0.25) is 4.99 Å². The second-order valence-corrected chi connectivity index (χ2v) is 11.6. The zero-order valence-corrected chi connectivity index (χ0v) is 32.5. The smallest absolute Gasteiger partial charge is 0.124 e. The average Bonchev–Trinajstić information content (AvgIpc) is 3.52. The number of hydrogen-bond donors (Lipinski definition) is 4. The first-order chi connectivity index (χ1) is 25.0. The van der Waals surface area contributed by atoms with Crippen LogP contribution in [-0.2, 0) is 13.0 Å². The minimum Gasteiger partial charge on any atom is -0.399 e. The Morgan fingerprint density at radius 2 is 1.71 bits per heavy atom. The van der Waals surface area contributed by atoms with Gasteiger partial charge in [0.05, 0.1) is 5.71 Å². The summed E-state index contributed by atoms with van der Waals surface area (Å²) in [6.07, 6.45) is 25.7. The number of nitrogens with two attached hydrogens (primary N) is 1. The van der Waals surface area contributed by atoms with Gasteiger partial charge in [0.25, 0.3) is 0 Å². The number of imidazole rings is 1. The summed E-state index contributed by atoms with van der Waals surface area (Å²) in [6, 6.07) is 4.88. The van der Waals surface area contributed by atoms with Gasteiger partial charge in [-0.05, 0) is 105 Å². The first kappa shape index (κ1) is 46.6. The van der Waals surface area contributed by atoms with Crippen molar-refractivity contribution in [2.45, 2.75) is 79.7 Å². The number of aromatic nitrogens is 2. The van der Waals surface area contributed by atoms with Crippen molar-refractivity contribution in [1.29, 1.82) is 0 Å². The van der Waals surface area contributed by atoms with E-state index in [-0.39, 0.29) is 5.82 Å². The molecule has 1 aromatic heterocycles. The van der Waals surface area contributed by atoms with Crippen molar-refractivity contribution in [1.82, 2.24) is 20.6 Å². The van der Waals surface area contributed by atoms with Crippen LogP contribution in [0.25, 0.3) is 0 Å². The van der Waals surface area contributed by atoms with Crippen LogP contribution >= 0.6 is 0 Å². The number of hydrogen-bond acceptors (Lipinski definition) is 5. The number of nitrogens with one attached hydrogen (secondary N) is 3. The number of benzene rings is 1. The van der Waals surface area contributed by atoms with Gasteiger partial charge < -0.3 is 21.4 Å². The molecular weight excluding hydrogens is 644 g/mol. The Morgan fingerprint density at radius 1 is 1.08 bits per heavy atom. The molecule has 0 unspecified atom stereocenters. The lowest BCUT2D eigenvalue weighted by atomic mass is 9.87. The molecule has 0 radical (unpaired) electrons. The molecule has 1 aliphatic rings. The van der Waals surface area contributed by atoms with E-state index in [1.807, 2.05) is 78.1 Å². The molecule has 6 nitrogen and oxygen atoms in total. The van der Waals surface area contributed by atoms with Crippen LogP contribution in [-0.4, -0.2) is 22.7 Å². The zero-order valence-electron chi connectivity index (χ0n) is 32.5. The van der Waals surface area contributed by atoms with E-state index in [1.165, 1.54) is 50.4 Å². The highest BCUT2D eigenvalue weighted by Gasteiger charge is 2.19. The van der Waals surface area contributed by atoms with E-state index < -0.39 is 0 Å². The van der Waals surface area contributed by atoms with Crippen molar-refractivity contribution in [3.05, 3.63) is 168 Å². The summed E-state index contributed by atoms with van der Waals surface area (Å²) in [5.74, 6) is 0.842. The molecule has 1 heterocycles. The van der Waals surface area contributed by atoms with Gasteiger partial charge in [-0.25, -0.2) is 9.37 Å². The lowest BCUT2D eigenvalue weighted by Gasteiger charge is -2.25. The van der Waals surface area contributed by atoms with Gasteiger partial charge in [0.2, 0.25) is 0 Å². The molecule has 0 spiro atoms. The van der Waals surface area contributed by atoms with Crippen LogP contribution in [0.3, 0.4) is 0 Å². The SMILES string of the molecule is C#C.C=C=C.C=CN=C(c1cc(F)cc(CNC)c1)c1nc(CC(=C/C(=C)C(/C=C(\C=C)NC(=C)C2CCCCC2)=C/C)/C(N)=C\C)[nH]c1C.CC. The van der Waals surface area contributed by atoms with Gasteiger partial charge in [-0.1, -0.05) is 84.7 Å². The van der Waals surface area contributed by atoms with E-state index in [2.05, 4.69) is 78.7 Å². The molecule has 0 bridgehead atoms. The fourth-order valence-corrected chi connectivity index (χ4v) is 5.60. The van der Waals surface area contributed by atoms with Crippen molar-refractivity contribution < 1.29 is 4.39 Å². The van der Waals surface area contributed by atoms with Crippen LogP contribution in [0.15, 0.2) is 139 Å². The quantitative estimate of drug-likeness (QED) is 0.0643.